The maximum Gasteiger partial charge on any atom is 0.281 e. The van der Waals surface area contributed by atoms with Crippen LogP contribution >= 0.6 is 0 Å². The van der Waals surface area contributed by atoms with Gasteiger partial charge in [-0.1, -0.05) is 35.5 Å². The van der Waals surface area contributed by atoms with Gasteiger partial charge in [-0.2, -0.15) is 0 Å². The molecule has 1 fully saturated rings. The van der Waals surface area contributed by atoms with Gasteiger partial charge in [-0.05, 0) is 42.7 Å². The summed E-state index contributed by atoms with van der Waals surface area (Å²) >= 11 is 0. The molecule has 0 aliphatic carbocycles. The number of aromatic amines is 1. The Morgan fingerprint density at radius 3 is 2.67 bits per heavy atom. The van der Waals surface area contributed by atoms with E-state index in [-0.39, 0.29) is 22.9 Å². The molecule has 9 heteroatoms. The molecule has 1 amide bonds. The number of hydrogen-bond donors (Lipinski definition) is 1. The Bertz CT molecular complexity index is 1340. The number of H-pyrrole nitrogens is 1. The van der Waals surface area contributed by atoms with Crippen LogP contribution in [0, 0.1) is 0 Å². The van der Waals surface area contributed by atoms with Crippen LogP contribution in [0.4, 0.5) is 0 Å². The molecule has 2 aromatic heterocycles. The van der Waals surface area contributed by atoms with E-state index in [0.29, 0.717) is 36.7 Å². The molecule has 0 bridgehead atoms. The number of nitrogens with one attached hydrogen (secondary N) is 1. The number of benzene rings is 2. The molecule has 9 nitrogen and oxygen atoms in total. The van der Waals surface area contributed by atoms with Crippen molar-refractivity contribution in [3.05, 3.63) is 81.9 Å². The van der Waals surface area contributed by atoms with Gasteiger partial charge in [-0.3, -0.25) is 9.59 Å². The summed E-state index contributed by atoms with van der Waals surface area (Å²) < 4.78 is 6.92. The Morgan fingerprint density at radius 2 is 1.91 bits per heavy atom. The zero-order valence-electron chi connectivity index (χ0n) is 18.3. The molecule has 1 aliphatic heterocycles. The van der Waals surface area contributed by atoms with Gasteiger partial charge in [0.25, 0.3) is 11.5 Å². The second-order valence-electron chi connectivity index (χ2n) is 8.15. The largest absolute Gasteiger partial charge is 0.497 e. The predicted molar refractivity (Wildman–Crippen MR) is 122 cm³/mol. The molecule has 168 valence electrons. The van der Waals surface area contributed by atoms with Crippen LogP contribution in [0.15, 0.2) is 59.4 Å². The number of ether oxygens (including phenoxy) is 1. The highest BCUT2D eigenvalue weighted by Gasteiger charge is 2.27. The predicted octanol–water partition coefficient (Wildman–Crippen LogP) is 2.59. The van der Waals surface area contributed by atoms with Gasteiger partial charge in [0, 0.05) is 24.6 Å². The third kappa shape index (κ3) is 4.21. The van der Waals surface area contributed by atoms with Crippen molar-refractivity contribution in [1.29, 1.82) is 0 Å². The Hall–Kier alpha value is -4.01. The number of methoxy groups -OCH3 is 1. The fourth-order valence-corrected chi connectivity index (χ4v) is 4.25. The quantitative estimate of drug-likeness (QED) is 0.507. The first-order valence-corrected chi connectivity index (χ1v) is 10.9. The number of aromatic nitrogens is 5. The Balaban J connectivity index is 1.35. The Labute approximate surface area is 190 Å². The highest BCUT2D eigenvalue weighted by Crippen LogP contribution is 2.26. The topological polar surface area (TPSA) is 106 Å². The molecule has 5 rings (SSSR count). The maximum absolute atomic E-state index is 12.7. The minimum Gasteiger partial charge on any atom is -0.497 e. The molecule has 0 spiro atoms. The lowest BCUT2D eigenvalue weighted by atomic mass is 9.95. The third-order valence-electron chi connectivity index (χ3n) is 6.05. The van der Waals surface area contributed by atoms with E-state index in [4.69, 9.17) is 9.72 Å². The van der Waals surface area contributed by atoms with Crippen LogP contribution in [-0.2, 0) is 6.54 Å². The lowest BCUT2D eigenvalue weighted by molar-refractivity contribution is 0.0711. The fraction of sp³-hybridized carbons (Fsp3) is 0.292. The van der Waals surface area contributed by atoms with Crippen molar-refractivity contribution in [2.75, 3.05) is 20.2 Å². The molecule has 4 aromatic rings. The summed E-state index contributed by atoms with van der Waals surface area (Å²) in [6, 6.07) is 17.0. The van der Waals surface area contributed by atoms with Crippen LogP contribution in [-0.4, -0.2) is 56.0 Å². The standard InChI is InChI=1S/C24H24N6O3/c1-33-19-9-5-6-16(14-19)15-30-22-20(27-28-30)23(31)26-21(25-22)17-10-12-29(13-11-17)24(32)18-7-3-2-4-8-18/h2-9,14,17H,10-13,15H2,1H3,(H,25,26,31). The number of nitrogens with zero attached hydrogens (tertiary/aromatic N) is 5. The van der Waals surface area contributed by atoms with Gasteiger partial charge in [0.1, 0.15) is 11.6 Å². The van der Waals surface area contributed by atoms with Crippen molar-refractivity contribution in [1.82, 2.24) is 29.9 Å². The minimum absolute atomic E-state index is 0.0338. The van der Waals surface area contributed by atoms with E-state index < -0.39 is 0 Å². The minimum atomic E-state index is -0.297. The molecule has 0 unspecified atom stereocenters. The normalized spacial score (nSPS) is 14.5. The van der Waals surface area contributed by atoms with Crippen LogP contribution in [0.3, 0.4) is 0 Å². The van der Waals surface area contributed by atoms with Crippen molar-refractivity contribution >= 4 is 17.1 Å². The zero-order chi connectivity index (χ0) is 22.8. The first-order valence-electron chi connectivity index (χ1n) is 10.9. The van der Waals surface area contributed by atoms with Crippen molar-refractivity contribution in [3.8, 4) is 5.75 Å². The summed E-state index contributed by atoms with van der Waals surface area (Å²) in [5, 5.41) is 8.19. The van der Waals surface area contributed by atoms with Gasteiger partial charge in [-0.15, -0.1) is 5.10 Å². The molecule has 0 radical (unpaired) electrons. The Morgan fingerprint density at radius 1 is 1.12 bits per heavy atom. The Kier molecular flexibility index (Phi) is 5.60. The summed E-state index contributed by atoms with van der Waals surface area (Å²) in [7, 11) is 1.62. The fourth-order valence-electron chi connectivity index (χ4n) is 4.25. The van der Waals surface area contributed by atoms with E-state index >= 15 is 0 Å². The summed E-state index contributed by atoms with van der Waals surface area (Å²) in [6.07, 6.45) is 1.45. The molecule has 0 atom stereocenters. The van der Waals surface area contributed by atoms with Crippen molar-refractivity contribution in [3.63, 3.8) is 0 Å². The summed E-state index contributed by atoms with van der Waals surface area (Å²) in [5.41, 5.74) is 2.04. The molecule has 1 N–H and O–H groups in total. The van der Waals surface area contributed by atoms with Crippen molar-refractivity contribution in [2.24, 2.45) is 0 Å². The highest BCUT2D eigenvalue weighted by molar-refractivity contribution is 5.94. The van der Waals surface area contributed by atoms with Crippen LogP contribution in [0.25, 0.3) is 11.2 Å². The lowest BCUT2D eigenvalue weighted by Crippen LogP contribution is -2.38. The van der Waals surface area contributed by atoms with E-state index in [9.17, 15) is 9.59 Å². The molecule has 0 saturated carbocycles. The SMILES string of the molecule is COc1cccc(Cn2nnc3c(=O)[nH]c(C4CCN(C(=O)c5ccccc5)CC4)nc32)c1. The lowest BCUT2D eigenvalue weighted by Gasteiger charge is -2.31. The zero-order valence-corrected chi connectivity index (χ0v) is 18.3. The van der Waals surface area contributed by atoms with Gasteiger partial charge in [0.2, 0.25) is 0 Å². The summed E-state index contributed by atoms with van der Waals surface area (Å²) in [5.74, 6) is 1.46. The van der Waals surface area contributed by atoms with E-state index in [1.54, 1.807) is 11.8 Å². The number of rotatable bonds is 5. The molecule has 1 aliphatic rings. The smallest absolute Gasteiger partial charge is 0.281 e. The van der Waals surface area contributed by atoms with Gasteiger partial charge in [0.15, 0.2) is 11.2 Å². The number of carbonyl (C=O) groups is 1. The average Bonchev–Trinajstić information content (AvgIpc) is 3.27. The van der Waals surface area contributed by atoms with E-state index in [1.165, 1.54) is 0 Å². The molecule has 1 saturated heterocycles. The number of hydrogen-bond acceptors (Lipinski definition) is 6. The third-order valence-corrected chi connectivity index (χ3v) is 6.05. The number of carbonyl (C=O) groups excluding carboxylic acids is 1. The van der Waals surface area contributed by atoms with Crippen LogP contribution in [0.1, 0.15) is 40.5 Å². The first-order chi connectivity index (χ1) is 16.1. The number of piperidine rings is 1. The second kappa shape index (κ2) is 8.85. The molecule has 3 heterocycles. The molecular formula is C24H24N6O3. The van der Waals surface area contributed by atoms with E-state index in [2.05, 4.69) is 15.3 Å². The molecule has 33 heavy (non-hydrogen) atoms. The van der Waals surface area contributed by atoms with Gasteiger partial charge < -0.3 is 14.6 Å². The van der Waals surface area contributed by atoms with Gasteiger partial charge in [-0.25, -0.2) is 9.67 Å². The number of amides is 1. The van der Waals surface area contributed by atoms with Crippen molar-refractivity contribution < 1.29 is 9.53 Å². The van der Waals surface area contributed by atoms with Crippen molar-refractivity contribution in [2.45, 2.75) is 25.3 Å². The summed E-state index contributed by atoms with van der Waals surface area (Å²) in [6.45, 7) is 1.65. The van der Waals surface area contributed by atoms with Crippen LogP contribution < -0.4 is 10.3 Å². The average molecular weight is 444 g/mol. The second-order valence-corrected chi connectivity index (χ2v) is 8.15. The molecular weight excluding hydrogens is 420 g/mol. The van der Waals surface area contributed by atoms with Gasteiger partial charge >= 0.3 is 0 Å². The van der Waals surface area contributed by atoms with Crippen LogP contribution in [0.2, 0.25) is 0 Å². The van der Waals surface area contributed by atoms with E-state index in [1.807, 2.05) is 59.5 Å². The first kappa shape index (κ1) is 20.9. The van der Waals surface area contributed by atoms with Gasteiger partial charge in [0.05, 0.1) is 13.7 Å². The number of likely N-dealkylation sites (tertiary alicyclic amines) is 1. The highest BCUT2D eigenvalue weighted by atomic mass is 16.5. The number of fused-ring (bicyclic) bond motifs is 1. The summed E-state index contributed by atoms with van der Waals surface area (Å²) in [4.78, 5) is 34.9. The van der Waals surface area contributed by atoms with E-state index in [0.717, 1.165) is 24.2 Å². The van der Waals surface area contributed by atoms with Crippen LogP contribution in [0.5, 0.6) is 5.75 Å². The molecule has 2 aromatic carbocycles. The monoisotopic (exact) mass is 444 g/mol. The maximum atomic E-state index is 12.7.